The van der Waals surface area contributed by atoms with Gasteiger partial charge in [-0.2, -0.15) is 0 Å². The third-order valence-electron chi connectivity index (χ3n) is 0.519. The van der Waals surface area contributed by atoms with E-state index in [1.807, 2.05) is 19.0 Å². The van der Waals surface area contributed by atoms with Crippen LogP contribution in [0.2, 0.25) is 0 Å². The Morgan fingerprint density at radius 3 is 2.14 bits per heavy atom. The second kappa shape index (κ2) is 2.64. The van der Waals surface area contributed by atoms with Crippen molar-refractivity contribution < 1.29 is 0 Å². The minimum atomic E-state index is 0.713. The summed E-state index contributed by atoms with van der Waals surface area (Å²) in [5.74, 6) is 0. The maximum absolute atomic E-state index is 5.26. The lowest BCUT2D eigenvalue weighted by Crippen LogP contribution is -2.18. The molecule has 0 aliphatic heterocycles. The molecule has 2 nitrogen and oxygen atoms in total. The molecule has 0 bridgehead atoms. The van der Waals surface area contributed by atoms with E-state index in [0.717, 1.165) is 6.54 Å². The molecule has 0 atom stereocenters. The van der Waals surface area contributed by atoms with Gasteiger partial charge in [0.1, 0.15) is 0 Å². The second-order valence-corrected chi connectivity index (χ2v) is 1.90. The first-order chi connectivity index (χ1) is 3.13. The Balaban J connectivity index is 3.13. The molecule has 0 saturated carbocycles. The molecule has 0 heterocycles. The van der Waals surface area contributed by atoms with E-state index in [1.165, 1.54) is 0 Å². The van der Waals surface area contributed by atoms with Crippen LogP contribution in [0, 0.1) is 0 Å². The summed E-state index contributed by atoms with van der Waals surface area (Å²) >= 11 is 0. The molecule has 0 rings (SSSR count). The van der Waals surface area contributed by atoms with Crippen molar-refractivity contribution in [1.82, 2.24) is 4.90 Å². The quantitative estimate of drug-likeness (QED) is 0.530. The van der Waals surface area contributed by atoms with Gasteiger partial charge in [-0.1, -0.05) is 6.58 Å². The van der Waals surface area contributed by atoms with E-state index in [0.29, 0.717) is 5.70 Å². The molecule has 0 radical (unpaired) electrons. The topological polar surface area (TPSA) is 29.3 Å². The first kappa shape index (κ1) is 6.50. The summed E-state index contributed by atoms with van der Waals surface area (Å²) in [6.45, 7) is 4.31. The highest BCUT2D eigenvalue weighted by Gasteiger charge is 1.85. The Labute approximate surface area is 44.6 Å². The van der Waals surface area contributed by atoms with Crippen molar-refractivity contribution in [2.45, 2.75) is 0 Å². The molecule has 0 saturated heterocycles. The highest BCUT2D eigenvalue weighted by atomic mass is 15.1. The van der Waals surface area contributed by atoms with Gasteiger partial charge >= 0.3 is 0 Å². The fraction of sp³-hybridized carbons (Fsp3) is 0.600. The molecule has 2 heteroatoms. The lowest BCUT2D eigenvalue weighted by atomic mass is 10.5. The monoisotopic (exact) mass is 100 g/mol. The molecule has 0 aliphatic rings. The molecule has 0 aromatic carbocycles. The molecular formula is C5H12N2. The van der Waals surface area contributed by atoms with Crippen LogP contribution in [0.25, 0.3) is 0 Å². The smallest absolute Gasteiger partial charge is 0.0367 e. The highest BCUT2D eigenvalue weighted by Crippen LogP contribution is 1.78. The largest absolute Gasteiger partial charge is 0.401 e. The minimum Gasteiger partial charge on any atom is -0.401 e. The van der Waals surface area contributed by atoms with Gasteiger partial charge in [-0.15, -0.1) is 0 Å². The Morgan fingerprint density at radius 1 is 1.71 bits per heavy atom. The minimum absolute atomic E-state index is 0.713. The van der Waals surface area contributed by atoms with Crippen molar-refractivity contribution in [1.29, 1.82) is 0 Å². The molecule has 42 valence electrons. The van der Waals surface area contributed by atoms with Crippen molar-refractivity contribution in [3.05, 3.63) is 12.3 Å². The average Bonchev–Trinajstić information content (AvgIpc) is 1.27. The number of rotatable bonds is 2. The van der Waals surface area contributed by atoms with Gasteiger partial charge in [0.25, 0.3) is 0 Å². The van der Waals surface area contributed by atoms with E-state index in [2.05, 4.69) is 6.58 Å². The van der Waals surface area contributed by atoms with Crippen molar-refractivity contribution in [3.63, 3.8) is 0 Å². The van der Waals surface area contributed by atoms with Gasteiger partial charge < -0.3 is 10.6 Å². The first-order valence-electron chi connectivity index (χ1n) is 2.21. The van der Waals surface area contributed by atoms with E-state index in [4.69, 9.17) is 5.73 Å². The lowest BCUT2D eigenvalue weighted by molar-refractivity contribution is 0.444. The van der Waals surface area contributed by atoms with Crippen LogP contribution in [0.4, 0.5) is 0 Å². The van der Waals surface area contributed by atoms with Gasteiger partial charge in [-0.3, -0.25) is 0 Å². The van der Waals surface area contributed by atoms with E-state index < -0.39 is 0 Å². The van der Waals surface area contributed by atoms with Gasteiger partial charge in [0.2, 0.25) is 0 Å². The summed E-state index contributed by atoms with van der Waals surface area (Å²) in [7, 11) is 3.91. The van der Waals surface area contributed by atoms with Crippen molar-refractivity contribution in [2.75, 3.05) is 20.6 Å². The van der Waals surface area contributed by atoms with Crippen LogP contribution < -0.4 is 5.73 Å². The van der Waals surface area contributed by atoms with Crippen LogP contribution in [0.1, 0.15) is 0 Å². The second-order valence-electron chi connectivity index (χ2n) is 1.90. The standard InChI is InChI=1S/C5H12N2/c1-5(6)4-7(2)3/h1,4,6H2,2-3H3. The fourth-order valence-electron chi connectivity index (χ4n) is 0.406. The Kier molecular flexibility index (Phi) is 2.45. The van der Waals surface area contributed by atoms with Gasteiger partial charge in [-0.05, 0) is 14.1 Å². The molecular weight excluding hydrogens is 88.1 g/mol. The SMILES string of the molecule is C=C(N)CN(C)C. The van der Waals surface area contributed by atoms with Crippen LogP contribution in [0.15, 0.2) is 12.3 Å². The van der Waals surface area contributed by atoms with E-state index in [-0.39, 0.29) is 0 Å². The number of nitrogens with zero attached hydrogens (tertiary/aromatic N) is 1. The molecule has 0 fully saturated rings. The highest BCUT2D eigenvalue weighted by molar-refractivity contribution is 4.87. The average molecular weight is 100 g/mol. The molecule has 0 aliphatic carbocycles. The normalized spacial score (nSPS) is 9.57. The molecule has 0 aromatic rings. The van der Waals surface area contributed by atoms with Gasteiger partial charge in [0.05, 0.1) is 0 Å². The third kappa shape index (κ3) is 5.50. The number of hydrogen-bond acceptors (Lipinski definition) is 2. The predicted octanol–water partition coefficient (Wildman–Crippen LogP) is 0.0204. The van der Waals surface area contributed by atoms with Crippen molar-refractivity contribution in [2.24, 2.45) is 5.73 Å². The fourth-order valence-corrected chi connectivity index (χ4v) is 0.406. The Morgan fingerprint density at radius 2 is 2.14 bits per heavy atom. The summed E-state index contributed by atoms with van der Waals surface area (Å²) in [5, 5.41) is 0. The summed E-state index contributed by atoms with van der Waals surface area (Å²) < 4.78 is 0. The molecule has 7 heavy (non-hydrogen) atoms. The Bertz CT molecular complexity index is 66.5. The maximum atomic E-state index is 5.26. The number of nitrogens with two attached hydrogens (primary N) is 1. The van der Waals surface area contributed by atoms with E-state index >= 15 is 0 Å². The first-order valence-corrected chi connectivity index (χ1v) is 2.21. The molecule has 2 N–H and O–H groups in total. The molecule has 0 amide bonds. The molecule has 0 spiro atoms. The van der Waals surface area contributed by atoms with Crippen molar-refractivity contribution >= 4 is 0 Å². The number of hydrogen-bond donors (Lipinski definition) is 1. The van der Waals surface area contributed by atoms with E-state index in [9.17, 15) is 0 Å². The third-order valence-corrected chi connectivity index (χ3v) is 0.519. The van der Waals surface area contributed by atoms with Crippen LogP contribution in [0.5, 0.6) is 0 Å². The maximum Gasteiger partial charge on any atom is 0.0367 e. The van der Waals surface area contributed by atoms with Gasteiger partial charge in [0.15, 0.2) is 0 Å². The van der Waals surface area contributed by atoms with Crippen LogP contribution in [-0.2, 0) is 0 Å². The summed E-state index contributed by atoms with van der Waals surface area (Å²) in [6, 6.07) is 0. The van der Waals surface area contributed by atoms with Gasteiger partial charge in [-0.25, -0.2) is 0 Å². The summed E-state index contributed by atoms with van der Waals surface area (Å²) in [4.78, 5) is 1.97. The predicted molar refractivity (Wildman–Crippen MR) is 31.9 cm³/mol. The van der Waals surface area contributed by atoms with Crippen LogP contribution in [0.3, 0.4) is 0 Å². The molecule has 0 unspecified atom stereocenters. The summed E-state index contributed by atoms with van der Waals surface area (Å²) in [6.07, 6.45) is 0. The Hall–Kier alpha value is -0.500. The zero-order valence-corrected chi connectivity index (χ0v) is 4.94. The van der Waals surface area contributed by atoms with Crippen LogP contribution in [-0.4, -0.2) is 25.5 Å². The van der Waals surface area contributed by atoms with Crippen molar-refractivity contribution in [3.8, 4) is 0 Å². The van der Waals surface area contributed by atoms with E-state index in [1.54, 1.807) is 0 Å². The van der Waals surface area contributed by atoms with Crippen LogP contribution >= 0.6 is 0 Å². The molecule has 0 aromatic heterocycles. The zero-order valence-electron chi connectivity index (χ0n) is 4.94. The zero-order chi connectivity index (χ0) is 5.86. The van der Waals surface area contributed by atoms with Gasteiger partial charge in [0, 0.05) is 12.2 Å². The summed E-state index contributed by atoms with van der Waals surface area (Å²) in [5.41, 5.74) is 5.97. The lowest BCUT2D eigenvalue weighted by Gasteiger charge is -2.06. The number of likely N-dealkylation sites (N-methyl/N-ethyl adjacent to an activating group) is 1.